The fourth-order valence-corrected chi connectivity index (χ4v) is 1.69. The average Bonchev–Trinajstić information content (AvgIpc) is 1.92. The third-order valence-electron chi connectivity index (χ3n) is 1.38. The molecule has 0 bridgehead atoms. The molecule has 0 saturated carbocycles. The molecule has 1 N–H and O–H groups in total. The molecule has 0 unspecified atom stereocenters. The number of carbonyl (C=O) groups excluding carboxylic acids is 1. The molecule has 0 aromatic rings. The Morgan fingerprint density at radius 2 is 1.87 bits per heavy atom. The van der Waals surface area contributed by atoms with Crippen LogP contribution in [0.1, 0.15) is 20.8 Å². The van der Waals surface area contributed by atoms with Crippen LogP contribution in [0.3, 0.4) is 0 Å². The zero-order valence-electron chi connectivity index (χ0n) is 10.7. The van der Waals surface area contributed by atoms with E-state index in [2.05, 4.69) is 30.7 Å². The maximum absolute atomic E-state index is 11.2. The molecule has 0 aliphatic rings. The molecule has 0 fully saturated rings. The van der Waals surface area contributed by atoms with Crippen LogP contribution >= 0.6 is 0 Å². The lowest BCUT2D eigenvalue weighted by Crippen LogP contribution is -2.32. The Morgan fingerprint density at radius 3 is 2.27 bits per heavy atom. The van der Waals surface area contributed by atoms with Gasteiger partial charge in [-0.05, 0) is 20.8 Å². The van der Waals surface area contributed by atoms with Gasteiger partial charge < -0.3 is 10.1 Å². The van der Waals surface area contributed by atoms with Gasteiger partial charge in [0.1, 0.15) is 5.60 Å². The number of alkyl carbamates (subject to hydrolysis) is 1. The molecular weight excluding hydrogens is 206 g/mol. The Kier molecular flexibility index (Phi) is 5.07. The minimum Gasteiger partial charge on any atom is -0.444 e. The quantitative estimate of drug-likeness (QED) is 0.756. The SMILES string of the molecule is CC(C)(C)OC(=O)NC/C=C/[Si](C)(C)C. The topological polar surface area (TPSA) is 38.3 Å². The highest BCUT2D eigenvalue weighted by Crippen LogP contribution is 2.06. The van der Waals surface area contributed by atoms with E-state index >= 15 is 0 Å². The van der Waals surface area contributed by atoms with E-state index in [0.717, 1.165) is 0 Å². The summed E-state index contributed by atoms with van der Waals surface area (Å²) in [6.45, 7) is 12.8. The first-order valence-electron chi connectivity index (χ1n) is 5.25. The molecule has 0 aromatic carbocycles. The van der Waals surface area contributed by atoms with E-state index in [0.29, 0.717) is 6.54 Å². The molecule has 0 atom stereocenters. The smallest absolute Gasteiger partial charge is 0.407 e. The average molecular weight is 229 g/mol. The van der Waals surface area contributed by atoms with E-state index < -0.39 is 13.7 Å². The maximum atomic E-state index is 11.2. The summed E-state index contributed by atoms with van der Waals surface area (Å²) in [5.74, 6) is 0. The second-order valence-corrected chi connectivity index (χ2v) is 10.7. The molecule has 0 spiro atoms. The van der Waals surface area contributed by atoms with Crippen molar-refractivity contribution in [1.82, 2.24) is 5.32 Å². The summed E-state index contributed by atoms with van der Waals surface area (Å²) in [7, 11) is -1.15. The minimum atomic E-state index is -1.15. The number of carbonyl (C=O) groups is 1. The van der Waals surface area contributed by atoms with Crippen molar-refractivity contribution in [2.45, 2.75) is 46.0 Å². The predicted molar refractivity (Wildman–Crippen MR) is 66.7 cm³/mol. The largest absolute Gasteiger partial charge is 0.444 e. The summed E-state index contributed by atoms with van der Waals surface area (Å²) in [6, 6.07) is 0. The van der Waals surface area contributed by atoms with Gasteiger partial charge in [0.25, 0.3) is 0 Å². The third-order valence-corrected chi connectivity index (χ3v) is 2.62. The van der Waals surface area contributed by atoms with Crippen LogP contribution < -0.4 is 5.32 Å². The normalized spacial score (nSPS) is 12.9. The number of ether oxygens (including phenoxy) is 1. The fourth-order valence-electron chi connectivity index (χ4n) is 0.869. The lowest BCUT2D eigenvalue weighted by molar-refractivity contribution is 0.0534. The first kappa shape index (κ1) is 14.2. The Bertz CT molecular complexity index is 236. The van der Waals surface area contributed by atoms with Gasteiger partial charge in [0.05, 0.1) is 8.07 Å². The lowest BCUT2D eigenvalue weighted by Gasteiger charge is -2.19. The minimum absolute atomic E-state index is 0.359. The lowest BCUT2D eigenvalue weighted by atomic mass is 10.2. The summed E-state index contributed by atoms with van der Waals surface area (Å²) >= 11 is 0. The Hall–Kier alpha value is -0.773. The first-order valence-corrected chi connectivity index (χ1v) is 8.82. The van der Waals surface area contributed by atoms with Crippen LogP contribution in [0.4, 0.5) is 4.79 Å². The van der Waals surface area contributed by atoms with Gasteiger partial charge in [0.2, 0.25) is 0 Å². The summed E-state index contributed by atoms with van der Waals surface area (Å²) in [4.78, 5) is 11.2. The third kappa shape index (κ3) is 11.2. The summed E-state index contributed by atoms with van der Waals surface area (Å²) < 4.78 is 5.10. The first-order chi connectivity index (χ1) is 6.60. The van der Waals surface area contributed by atoms with Crippen molar-refractivity contribution in [2.75, 3.05) is 6.54 Å². The molecule has 0 radical (unpaired) electrons. The maximum Gasteiger partial charge on any atom is 0.407 e. The molecule has 15 heavy (non-hydrogen) atoms. The molecular formula is C11H23NO2Si. The zero-order chi connectivity index (χ0) is 12.1. The van der Waals surface area contributed by atoms with Crippen LogP contribution in [0, 0.1) is 0 Å². The number of hydrogen-bond acceptors (Lipinski definition) is 2. The van der Waals surface area contributed by atoms with Crippen LogP contribution in [-0.4, -0.2) is 26.3 Å². The van der Waals surface area contributed by atoms with Gasteiger partial charge in [0.15, 0.2) is 0 Å². The van der Waals surface area contributed by atoms with Crippen LogP contribution in [-0.2, 0) is 4.74 Å². The van der Waals surface area contributed by atoms with Crippen molar-refractivity contribution < 1.29 is 9.53 Å². The monoisotopic (exact) mass is 229 g/mol. The van der Waals surface area contributed by atoms with Crippen molar-refractivity contribution >= 4 is 14.2 Å². The summed E-state index contributed by atoms with van der Waals surface area (Å²) in [5.41, 5.74) is 1.77. The van der Waals surface area contributed by atoms with Crippen molar-refractivity contribution in [3.05, 3.63) is 11.8 Å². The van der Waals surface area contributed by atoms with Gasteiger partial charge in [-0.2, -0.15) is 0 Å². The van der Waals surface area contributed by atoms with Crippen LogP contribution in [0.5, 0.6) is 0 Å². The van der Waals surface area contributed by atoms with E-state index in [1.54, 1.807) is 0 Å². The second kappa shape index (κ2) is 5.35. The molecule has 0 heterocycles. The molecule has 0 aliphatic carbocycles. The highest BCUT2D eigenvalue weighted by Gasteiger charge is 2.15. The van der Waals surface area contributed by atoms with Crippen LogP contribution in [0.25, 0.3) is 0 Å². The van der Waals surface area contributed by atoms with E-state index in [1.807, 2.05) is 26.8 Å². The molecule has 88 valence electrons. The molecule has 0 rings (SSSR count). The fraction of sp³-hybridized carbons (Fsp3) is 0.727. The van der Waals surface area contributed by atoms with Gasteiger partial charge in [-0.15, -0.1) is 0 Å². The van der Waals surface area contributed by atoms with Crippen molar-refractivity contribution in [1.29, 1.82) is 0 Å². The molecule has 0 aliphatic heterocycles. The highest BCUT2D eigenvalue weighted by molar-refractivity contribution is 6.80. The molecule has 0 aromatic heterocycles. The molecule has 4 heteroatoms. The second-order valence-electron chi connectivity index (χ2n) is 5.65. The van der Waals surface area contributed by atoms with Crippen LogP contribution in [0.2, 0.25) is 19.6 Å². The van der Waals surface area contributed by atoms with Crippen molar-refractivity contribution in [3.63, 3.8) is 0 Å². The van der Waals surface area contributed by atoms with E-state index in [4.69, 9.17) is 4.74 Å². The standard InChI is InChI=1S/C11H23NO2Si/c1-11(2,3)14-10(13)12-8-7-9-15(4,5)6/h7,9H,8H2,1-6H3,(H,12,13)/b9-7+. The number of amides is 1. The van der Waals surface area contributed by atoms with E-state index in [-0.39, 0.29) is 6.09 Å². The van der Waals surface area contributed by atoms with Gasteiger partial charge in [-0.25, -0.2) is 4.79 Å². The Balaban J connectivity index is 3.79. The zero-order valence-corrected chi connectivity index (χ0v) is 11.7. The van der Waals surface area contributed by atoms with Gasteiger partial charge in [-0.3, -0.25) is 0 Å². The van der Waals surface area contributed by atoms with Crippen molar-refractivity contribution in [3.8, 4) is 0 Å². The number of rotatable bonds is 3. The van der Waals surface area contributed by atoms with Gasteiger partial charge in [0, 0.05) is 6.54 Å². The van der Waals surface area contributed by atoms with Crippen LogP contribution in [0.15, 0.2) is 11.8 Å². The Labute approximate surface area is 93.9 Å². The summed E-state index contributed by atoms with van der Waals surface area (Å²) in [5, 5.41) is 2.69. The number of hydrogen-bond donors (Lipinski definition) is 1. The van der Waals surface area contributed by atoms with Gasteiger partial charge >= 0.3 is 6.09 Å². The molecule has 1 amide bonds. The predicted octanol–water partition coefficient (Wildman–Crippen LogP) is 2.94. The van der Waals surface area contributed by atoms with E-state index in [9.17, 15) is 4.79 Å². The molecule has 0 saturated heterocycles. The molecule has 3 nitrogen and oxygen atoms in total. The number of nitrogens with one attached hydrogen (secondary N) is 1. The Morgan fingerprint density at radius 1 is 1.33 bits per heavy atom. The van der Waals surface area contributed by atoms with Gasteiger partial charge in [-0.1, -0.05) is 31.4 Å². The van der Waals surface area contributed by atoms with Crippen molar-refractivity contribution in [2.24, 2.45) is 0 Å². The van der Waals surface area contributed by atoms with E-state index in [1.165, 1.54) is 0 Å². The highest BCUT2D eigenvalue weighted by atomic mass is 28.3. The summed E-state index contributed by atoms with van der Waals surface area (Å²) in [6.07, 6.45) is 1.64.